The van der Waals surface area contributed by atoms with Crippen LogP contribution in [0.2, 0.25) is 19.1 Å². The molecule has 0 atom stereocenters. The third-order valence-corrected chi connectivity index (χ3v) is 13.7. The van der Waals surface area contributed by atoms with Crippen molar-refractivity contribution >= 4 is 27.0 Å². The fourth-order valence-corrected chi connectivity index (χ4v) is 4.52. The van der Waals surface area contributed by atoms with Crippen molar-refractivity contribution in [2.75, 3.05) is 0 Å². The van der Waals surface area contributed by atoms with E-state index in [0.29, 0.717) is 0 Å². The SMILES string of the molecule is CCCC[Si](C)(C)[SiH2]Cl. The van der Waals surface area contributed by atoms with Crippen LogP contribution in [0, 0.1) is 0 Å². The maximum absolute atomic E-state index is 5.93. The Kier molecular flexibility index (Phi) is 4.89. The van der Waals surface area contributed by atoms with Crippen LogP contribution in [0.25, 0.3) is 0 Å². The predicted molar refractivity (Wildman–Crippen MR) is 51.6 cm³/mol. The van der Waals surface area contributed by atoms with Crippen LogP contribution < -0.4 is 0 Å². The Morgan fingerprint density at radius 3 is 2.33 bits per heavy atom. The quantitative estimate of drug-likeness (QED) is 0.460. The smallest absolute Gasteiger partial charge is 0.117 e. The Bertz CT molecular complexity index is 73.5. The number of unbranched alkanes of at least 4 members (excludes halogenated alkanes) is 1. The van der Waals surface area contributed by atoms with Gasteiger partial charge in [0.05, 0.1) is 7.59 Å². The predicted octanol–water partition coefficient (Wildman–Crippen LogP) is 2.31. The molecule has 0 amide bonds. The van der Waals surface area contributed by atoms with Crippen molar-refractivity contribution < 1.29 is 0 Å². The van der Waals surface area contributed by atoms with E-state index in [1.807, 2.05) is 0 Å². The zero-order valence-electron chi connectivity index (χ0n) is 6.71. The Morgan fingerprint density at radius 2 is 2.00 bits per heavy atom. The van der Waals surface area contributed by atoms with Crippen LogP contribution >= 0.6 is 11.1 Å². The molecular weight excluding hydrogens is 164 g/mol. The number of hydrogen-bond acceptors (Lipinski definition) is 0. The van der Waals surface area contributed by atoms with Gasteiger partial charge >= 0.3 is 0 Å². The molecule has 0 aliphatic rings. The van der Waals surface area contributed by atoms with Crippen LogP contribution in [0.15, 0.2) is 0 Å². The Balaban J connectivity index is 3.33. The van der Waals surface area contributed by atoms with Gasteiger partial charge in [-0.3, -0.25) is 0 Å². The molecule has 0 aliphatic heterocycles. The van der Waals surface area contributed by atoms with Gasteiger partial charge in [-0.15, -0.1) is 0 Å². The van der Waals surface area contributed by atoms with Gasteiger partial charge in [0.25, 0.3) is 0 Å². The minimum Gasteiger partial charge on any atom is -0.180 e. The minimum atomic E-state index is -0.794. The van der Waals surface area contributed by atoms with E-state index in [9.17, 15) is 0 Å². The lowest BCUT2D eigenvalue weighted by atomic mass is 10.4. The van der Waals surface area contributed by atoms with Gasteiger partial charge in [0.15, 0.2) is 0 Å². The summed E-state index contributed by atoms with van der Waals surface area (Å²) in [5.74, 6) is 0. The third-order valence-electron chi connectivity index (χ3n) is 1.57. The van der Waals surface area contributed by atoms with Crippen molar-refractivity contribution in [3.63, 3.8) is 0 Å². The molecule has 0 heterocycles. The highest BCUT2D eigenvalue weighted by Crippen LogP contribution is 2.12. The van der Waals surface area contributed by atoms with Crippen LogP contribution in [-0.4, -0.2) is 15.9 Å². The van der Waals surface area contributed by atoms with Crippen LogP contribution in [-0.2, 0) is 0 Å². The summed E-state index contributed by atoms with van der Waals surface area (Å²) in [5, 5.41) is 0. The molecular formula is C6H17ClSi2. The minimum absolute atomic E-state index is 0.167. The van der Waals surface area contributed by atoms with Gasteiger partial charge in [-0.1, -0.05) is 38.9 Å². The molecule has 3 heteroatoms. The normalized spacial score (nSPS) is 13.3. The van der Waals surface area contributed by atoms with E-state index in [-0.39, 0.29) is 8.35 Å². The van der Waals surface area contributed by atoms with E-state index >= 15 is 0 Å². The summed E-state index contributed by atoms with van der Waals surface area (Å²) >= 11 is 5.93. The first kappa shape index (κ1) is 9.72. The summed E-state index contributed by atoms with van der Waals surface area (Å²) in [7, 11) is -0.961. The molecule has 0 aromatic heterocycles. The Morgan fingerprint density at radius 1 is 1.44 bits per heavy atom. The molecule has 0 rings (SSSR count). The van der Waals surface area contributed by atoms with Crippen LogP contribution in [0.3, 0.4) is 0 Å². The number of halogens is 1. The lowest BCUT2D eigenvalue weighted by Crippen LogP contribution is -2.30. The van der Waals surface area contributed by atoms with E-state index in [1.165, 1.54) is 18.9 Å². The highest BCUT2D eigenvalue weighted by molar-refractivity contribution is 7.40. The molecule has 0 N–H and O–H groups in total. The maximum Gasteiger partial charge on any atom is 0.117 e. The van der Waals surface area contributed by atoms with Crippen LogP contribution in [0.1, 0.15) is 19.8 Å². The van der Waals surface area contributed by atoms with E-state index in [1.54, 1.807) is 0 Å². The lowest BCUT2D eigenvalue weighted by molar-refractivity contribution is 0.873. The largest absolute Gasteiger partial charge is 0.180 e. The topological polar surface area (TPSA) is 0 Å². The summed E-state index contributed by atoms with van der Waals surface area (Å²) in [4.78, 5) is 0. The van der Waals surface area contributed by atoms with Gasteiger partial charge in [0.1, 0.15) is 8.35 Å². The van der Waals surface area contributed by atoms with Crippen LogP contribution in [0.4, 0.5) is 0 Å². The average Bonchev–Trinajstić information content (AvgIpc) is 1.84. The molecule has 56 valence electrons. The summed E-state index contributed by atoms with van der Waals surface area (Å²) in [6.45, 7) is 7.09. The first-order valence-corrected chi connectivity index (χ1v) is 11.4. The molecule has 0 bridgehead atoms. The van der Waals surface area contributed by atoms with E-state index in [4.69, 9.17) is 11.1 Å². The number of rotatable bonds is 4. The van der Waals surface area contributed by atoms with Crippen molar-refractivity contribution in [3.8, 4) is 0 Å². The molecule has 0 spiro atoms. The first-order valence-electron chi connectivity index (χ1n) is 3.68. The zero-order valence-corrected chi connectivity index (χ0v) is 9.88. The second-order valence-corrected chi connectivity index (χ2v) is 17.4. The fraction of sp³-hybridized carbons (Fsp3) is 1.00. The summed E-state index contributed by atoms with van der Waals surface area (Å²) < 4.78 is 0. The monoisotopic (exact) mass is 180 g/mol. The molecule has 0 fully saturated rings. The summed E-state index contributed by atoms with van der Waals surface area (Å²) in [6, 6.07) is 1.46. The lowest BCUT2D eigenvalue weighted by Gasteiger charge is -2.16. The van der Waals surface area contributed by atoms with Gasteiger partial charge in [-0.05, 0) is 0 Å². The van der Waals surface area contributed by atoms with E-state index in [2.05, 4.69) is 20.0 Å². The Hall–Kier alpha value is 0.724. The van der Waals surface area contributed by atoms with Crippen LogP contribution in [0.5, 0.6) is 0 Å². The standard InChI is InChI=1S/C6H17ClSi2/c1-4-5-6-9(2,3)8-7/h4-6,8H2,1-3H3. The van der Waals surface area contributed by atoms with Gasteiger partial charge in [-0.2, -0.15) is 11.1 Å². The molecule has 0 aromatic carbocycles. The first-order chi connectivity index (χ1) is 4.12. The van der Waals surface area contributed by atoms with Gasteiger partial charge in [0, 0.05) is 0 Å². The van der Waals surface area contributed by atoms with Crippen molar-refractivity contribution in [1.29, 1.82) is 0 Å². The molecule has 0 aliphatic carbocycles. The molecule has 0 saturated carbocycles. The van der Waals surface area contributed by atoms with Crippen molar-refractivity contribution in [3.05, 3.63) is 0 Å². The summed E-state index contributed by atoms with van der Waals surface area (Å²) in [6.07, 6.45) is 2.74. The second-order valence-electron chi connectivity index (χ2n) is 3.40. The van der Waals surface area contributed by atoms with Gasteiger partial charge < -0.3 is 0 Å². The van der Waals surface area contributed by atoms with E-state index in [0.717, 1.165) is 0 Å². The van der Waals surface area contributed by atoms with Crippen molar-refractivity contribution in [1.82, 2.24) is 0 Å². The molecule has 0 radical (unpaired) electrons. The number of hydrogen-bond donors (Lipinski definition) is 0. The van der Waals surface area contributed by atoms with Gasteiger partial charge in [-0.25, -0.2) is 0 Å². The highest BCUT2D eigenvalue weighted by Gasteiger charge is 2.18. The van der Waals surface area contributed by atoms with Crippen molar-refractivity contribution in [2.24, 2.45) is 0 Å². The second kappa shape index (κ2) is 4.53. The molecule has 9 heavy (non-hydrogen) atoms. The average molecular weight is 181 g/mol. The molecule has 0 aromatic rings. The van der Waals surface area contributed by atoms with E-state index < -0.39 is 7.59 Å². The highest BCUT2D eigenvalue weighted by atomic mass is 35.6. The zero-order chi connectivity index (χ0) is 7.33. The molecule has 0 unspecified atom stereocenters. The maximum atomic E-state index is 5.93. The van der Waals surface area contributed by atoms with Gasteiger partial charge in [0.2, 0.25) is 0 Å². The molecule has 0 saturated heterocycles. The Labute approximate surface area is 66.3 Å². The fourth-order valence-electron chi connectivity index (χ4n) is 0.722. The molecule has 0 nitrogen and oxygen atoms in total. The third kappa shape index (κ3) is 5.18. The summed E-state index contributed by atoms with van der Waals surface area (Å²) in [5.41, 5.74) is 0. The van der Waals surface area contributed by atoms with Crippen molar-refractivity contribution in [2.45, 2.75) is 38.9 Å².